The second-order valence-electron chi connectivity index (χ2n) is 7.47. The fraction of sp³-hybridized carbons (Fsp3) is 0.632. The van der Waals surface area contributed by atoms with Gasteiger partial charge in [0.05, 0.1) is 4.90 Å². The lowest BCUT2D eigenvalue weighted by atomic mass is 9.92. The Morgan fingerprint density at radius 3 is 2.50 bits per heavy atom. The molecule has 0 saturated carbocycles. The van der Waals surface area contributed by atoms with Gasteiger partial charge in [-0.05, 0) is 49.3 Å². The molecular weight excluding hydrogens is 350 g/mol. The number of nitrogens with two attached hydrogens (primary N) is 1. The number of nitrogens with one attached hydrogen (secondary N) is 1. The van der Waals surface area contributed by atoms with Gasteiger partial charge in [-0.15, -0.1) is 0 Å². The molecule has 1 saturated heterocycles. The van der Waals surface area contributed by atoms with Crippen molar-refractivity contribution in [2.75, 3.05) is 19.6 Å². The molecule has 0 unspecified atom stereocenters. The highest BCUT2D eigenvalue weighted by Crippen LogP contribution is 2.20. The molecule has 26 heavy (non-hydrogen) atoms. The smallest absolute Gasteiger partial charge is 0.240 e. The predicted molar refractivity (Wildman–Crippen MR) is 103 cm³/mol. The fourth-order valence-corrected chi connectivity index (χ4v) is 4.26. The van der Waals surface area contributed by atoms with Crippen LogP contribution in [-0.2, 0) is 14.8 Å². The van der Waals surface area contributed by atoms with Gasteiger partial charge in [0.25, 0.3) is 0 Å². The minimum absolute atomic E-state index is 0.0202. The number of amides is 1. The Labute approximate surface area is 157 Å². The van der Waals surface area contributed by atoms with E-state index in [-0.39, 0.29) is 29.8 Å². The third-order valence-electron chi connectivity index (χ3n) is 5.04. The summed E-state index contributed by atoms with van der Waals surface area (Å²) in [4.78, 5) is 14.4. The molecule has 3 N–H and O–H groups in total. The molecule has 0 bridgehead atoms. The van der Waals surface area contributed by atoms with Crippen LogP contribution in [0.3, 0.4) is 0 Å². The van der Waals surface area contributed by atoms with Crippen LogP contribution in [0.15, 0.2) is 29.2 Å². The maximum absolute atomic E-state index is 12.4. The summed E-state index contributed by atoms with van der Waals surface area (Å²) in [6.07, 6.45) is 2.15. The number of carbonyl (C=O) groups is 1. The number of carbonyl (C=O) groups excluding carboxylic acids is 1. The van der Waals surface area contributed by atoms with Gasteiger partial charge in [0.1, 0.15) is 0 Å². The molecule has 0 spiro atoms. The molecule has 6 nitrogen and oxygen atoms in total. The first-order chi connectivity index (χ1) is 12.2. The standard InChI is InChI=1S/C19H31N3O3S/c1-14(2)16-6-8-18(9-7-16)26(24,25)21-11-10-19(23)22-12-4-5-17(13-22)15(3)20/h6-9,14-15,17,21H,4-5,10-13,20H2,1-3H3/t15-,17+/m1/s1. The van der Waals surface area contributed by atoms with Crippen LogP contribution in [0.5, 0.6) is 0 Å². The molecule has 146 valence electrons. The number of hydrogen-bond donors (Lipinski definition) is 2. The van der Waals surface area contributed by atoms with Crippen molar-refractivity contribution in [3.63, 3.8) is 0 Å². The van der Waals surface area contributed by atoms with E-state index in [1.165, 1.54) is 0 Å². The Kier molecular flexibility index (Phi) is 7.20. The first kappa shape index (κ1) is 20.9. The van der Waals surface area contributed by atoms with Crippen LogP contribution in [0.2, 0.25) is 0 Å². The summed E-state index contributed by atoms with van der Waals surface area (Å²) in [5.74, 6) is 0.652. The monoisotopic (exact) mass is 381 g/mol. The number of sulfonamides is 1. The second kappa shape index (κ2) is 8.97. The van der Waals surface area contributed by atoms with Crippen molar-refractivity contribution < 1.29 is 13.2 Å². The van der Waals surface area contributed by atoms with E-state index in [4.69, 9.17) is 5.73 Å². The zero-order valence-corrected chi connectivity index (χ0v) is 16.8. The van der Waals surface area contributed by atoms with Crippen molar-refractivity contribution in [3.8, 4) is 0 Å². The molecule has 0 radical (unpaired) electrons. The second-order valence-corrected chi connectivity index (χ2v) is 9.24. The lowest BCUT2D eigenvalue weighted by Crippen LogP contribution is -2.45. The van der Waals surface area contributed by atoms with Crippen molar-refractivity contribution in [2.24, 2.45) is 11.7 Å². The minimum atomic E-state index is -3.59. The maximum atomic E-state index is 12.4. The van der Waals surface area contributed by atoms with Gasteiger partial charge in [0.2, 0.25) is 15.9 Å². The van der Waals surface area contributed by atoms with Crippen molar-refractivity contribution in [3.05, 3.63) is 29.8 Å². The Hall–Kier alpha value is -1.44. The van der Waals surface area contributed by atoms with E-state index in [0.29, 0.717) is 18.4 Å². The first-order valence-corrected chi connectivity index (χ1v) is 10.8. The fourth-order valence-electron chi connectivity index (χ4n) is 3.23. The molecule has 1 fully saturated rings. The summed E-state index contributed by atoms with van der Waals surface area (Å²) in [5, 5.41) is 0. The highest BCUT2D eigenvalue weighted by molar-refractivity contribution is 7.89. The molecule has 1 aromatic rings. The highest BCUT2D eigenvalue weighted by atomic mass is 32.2. The highest BCUT2D eigenvalue weighted by Gasteiger charge is 2.25. The van der Waals surface area contributed by atoms with Crippen molar-refractivity contribution in [2.45, 2.75) is 56.9 Å². The summed E-state index contributed by atoms with van der Waals surface area (Å²) < 4.78 is 27.2. The van der Waals surface area contributed by atoms with E-state index >= 15 is 0 Å². The van der Waals surface area contributed by atoms with Gasteiger partial charge in [-0.1, -0.05) is 26.0 Å². The van der Waals surface area contributed by atoms with Crippen molar-refractivity contribution in [1.82, 2.24) is 9.62 Å². The van der Waals surface area contributed by atoms with E-state index < -0.39 is 10.0 Å². The SMILES string of the molecule is CC(C)c1ccc(S(=O)(=O)NCCC(=O)N2CCC[C@H]([C@@H](C)N)C2)cc1. The minimum Gasteiger partial charge on any atom is -0.342 e. The predicted octanol–water partition coefficient (Wildman–Crippen LogP) is 2.06. The molecule has 0 aliphatic carbocycles. The van der Waals surface area contributed by atoms with Gasteiger partial charge < -0.3 is 10.6 Å². The normalized spacial score (nSPS) is 19.6. The Balaban J connectivity index is 1.86. The largest absolute Gasteiger partial charge is 0.342 e. The van der Waals surface area contributed by atoms with Crippen LogP contribution in [0.4, 0.5) is 0 Å². The zero-order chi connectivity index (χ0) is 19.3. The molecular formula is C19H31N3O3S. The van der Waals surface area contributed by atoms with Crippen molar-refractivity contribution in [1.29, 1.82) is 0 Å². The quantitative estimate of drug-likeness (QED) is 0.756. The third-order valence-corrected chi connectivity index (χ3v) is 6.52. The summed E-state index contributed by atoms with van der Waals surface area (Å²) in [5.41, 5.74) is 7.04. The van der Waals surface area contributed by atoms with E-state index in [2.05, 4.69) is 18.6 Å². The Bertz CT molecular complexity index is 699. The molecule has 7 heteroatoms. The lowest BCUT2D eigenvalue weighted by Gasteiger charge is -2.34. The van der Waals surface area contributed by atoms with Crippen LogP contribution in [0.25, 0.3) is 0 Å². The number of piperidine rings is 1. The van der Waals surface area contributed by atoms with Gasteiger partial charge >= 0.3 is 0 Å². The van der Waals surface area contributed by atoms with E-state index in [0.717, 1.165) is 24.9 Å². The maximum Gasteiger partial charge on any atom is 0.240 e. The van der Waals surface area contributed by atoms with Gasteiger partial charge in [0.15, 0.2) is 0 Å². The summed E-state index contributed by atoms with van der Waals surface area (Å²) in [7, 11) is -3.59. The van der Waals surface area contributed by atoms with Crippen LogP contribution in [0, 0.1) is 5.92 Å². The molecule has 2 rings (SSSR count). The number of nitrogens with zero attached hydrogens (tertiary/aromatic N) is 1. The van der Waals surface area contributed by atoms with Crippen LogP contribution in [-0.4, -0.2) is 44.9 Å². The van der Waals surface area contributed by atoms with Crippen LogP contribution in [0.1, 0.15) is 51.5 Å². The number of likely N-dealkylation sites (tertiary alicyclic amines) is 1. The van der Waals surface area contributed by atoms with Crippen LogP contribution >= 0.6 is 0 Å². The zero-order valence-electron chi connectivity index (χ0n) is 15.9. The Morgan fingerprint density at radius 2 is 1.92 bits per heavy atom. The Morgan fingerprint density at radius 1 is 1.27 bits per heavy atom. The van der Waals surface area contributed by atoms with Gasteiger partial charge in [-0.2, -0.15) is 0 Å². The average Bonchev–Trinajstić information content (AvgIpc) is 2.61. The number of hydrogen-bond acceptors (Lipinski definition) is 4. The van der Waals surface area contributed by atoms with Gasteiger partial charge in [-0.25, -0.2) is 13.1 Å². The van der Waals surface area contributed by atoms with Gasteiger partial charge in [-0.3, -0.25) is 4.79 Å². The molecule has 1 heterocycles. The number of rotatable bonds is 7. The molecule has 1 aliphatic rings. The molecule has 2 atom stereocenters. The lowest BCUT2D eigenvalue weighted by molar-refractivity contribution is -0.132. The average molecular weight is 382 g/mol. The molecule has 1 aliphatic heterocycles. The third kappa shape index (κ3) is 5.53. The number of benzene rings is 1. The summed E-state index contributed by atoms with van der Waals surface area (Å²) in [6, 6.07) is 6.94. The van der Waals surface area contributed by atoms with Crippen molar-refractivity contribution >= 4 is 15.9 Å². The molecule has 1 amide bonds. The molecule has 0 aromatic heterocycles. The topological polar surface area (TPSA) is 92.5 Å². The first-order valence-electron chi connectivity index (χ1n) is 9.33. The van der Waals surface area contributed by atoms with Crippen LogP contribution < -0.4 is 10.5 Å². The summed E-state index contributed by atoms with van der Waals surface area (Å²) >= 11 is 0. The van der Waals surface area contributed by atoms with E-state index in [9.17, 15) is 13.2 Å². The van der Waals surface area contributed by atoms with E-state index in [1.807, 2.05) is 24.0 Å². The van der Waals surface area contributed by atoms with E-state index in [1.54, 1.807) is 12.1 Å². The van der Waals surface area contributed by atoms with Gasteiger partial charge in [0, 0.05) is 32.1 Å². The summed E-state index contributed by atoms with van der Waals surface area (Å²) in [6.45, 7) is 7.59. The molecule has 1 aromatic carbocycles.